The molecule has 1 fully saturated rings. The van der Waals surface area contributed by atoms with Crippen LogP contribution in [0.25, 0.3) is 0 Å². The summed E-state index contributed by atoms with van der Waals surface area (Å²) in [4.78, 5) is 11.4. The van der Waals surface area contributed by atoms with Gasteiger partial charge in [0.1, 0.15) is 6.61 Å². The minimum Gasteiger partial charge on any atom is -0.369 e. The molecule has 16 heavy (non-hydrogen) atoms. The highest BCUT2D eigenvalue weighted by atomic mass is 16.5. The first-order chi connectivity index (χ1) is 7.63. The van der Waals surface area contributed by atoms with Gasteiger partial charge in [-0.15, -0.1) is 0 Å². The van der Waals surface area contributed by atoms with E-state index in [2.05, 4.69) is 5.32 Å². The van der Waals surface area contributed by atoms with Gasteiger partial charge in [-0.25, -0.2) is 0 Å². The topological polar surface area (TPSA) is 64.3 Å². The molecule has 4 heteroatoms. The minimum absolute atomic E-state index is 0.0172. The third kappa shape index (κ3) is 4.49. The molecule has 0 bridgehead atoms. The SMILES string of the molecule is CC(C)OCC(=O)NCC1CCCC1CN. The largest absolute Gasteiger partial charge is 0.369 e. The molecule has 0 saturated heterocycles. The third-order valence-corrected chi connectivity index (χ3v) is 3.23. The van der Waals surface area contributed by atoms with Crippen LogP contribution >= 0.6 is 0 Å². The Morgan fingerprint density at radius 3 is 2.75 bits per heavy atom. The molecule has 2 atom stereocenters. The Bertz CT molecular complexity index is 219. The van der Waals surface area contributed by atoms with E-state index in [0.717, 1.165) is 13.1 Å². The fraction of sp³-hybridized carbons (Fsp3) is 0.917. The van der Waals surface area contributed by atoms with Crippen molar-refractivity contribution in [1.82, 2.24) is 5.32 Å². The molecule has 1 aliphatic carbocycles. The number of hydrogen-bond donors (Lipinski definition) is 2. The van der Waals surface area contributed by atoms with Crippen LogP contribution in [0.4, 0.5) is 0 Å². The molecule has 1 aliphatic rings. The van der Waals surface area contributed by atoms with Crippen molar-refractivity contribution in [2.75, 3.05) is 19.7 Å². The molecular weight excluding hydrogens is 204 g/mol. The molecule has 0 aromatic carbocycles. The van der Waals surface area contributed by atoms with E-state index in [1.165, 1.54) is 19.3 Å². The first-order valence-electron chi connectivity index (χ1n) is 6.21. The Morgan fingerprint density at radius 2 is 2.12 bits per heavy atom. The van der Waals surface area contributed by atoms with Crippen molar-refractivity contribution in [3.8, 4) is 0 Å². The summed E-state index contributed by atoms with van der Waals surface area (Å²) in [6.45, 7) is 5.51. The molecule has 1 amide bonds. The highest BCUT2D eigenvalue weighted by molar-refractivity contribution is 5.77. The molecule has 1 saturated carbocycles. The van der Waals surface area contributed by atoms with Gasteiger partial charge in [0, 0.05) is 6.54 Å². The summed E-state index contributed by atoms with van der Waals surface area (Å²) in [6, 6.07) is 0. The number of amides is 1. The molecule has 0 heterocycles. The number of hydrogen-bond acceptors (Lipinski definition) is 3. The van der Waals surface area contributed by atoms with Crippen molar-refractivity contribution in [2.45, 2.75) is 39.2 Å². The monoisotopic (exact) mass is 228 g/mol. The van der Waals surface area contributed by atoms with Crippen LogP contribution in [0.5, 0.6) is 0 Å². The number of nitrogens with one attached hydrogen (secondary N) is 1. The number of ether oxygens (including phenoxy) is 1. The molecule has 2 unspecified atom stereocenters. The van der Waals surface area contributed by atoms with E-state index in [4.69, 9.17) is 10.5 Å². The standard InChI is InChI=1S/C12H24N2O2/c1-9(2)16-8-12(15)14-7-11-5-3-4-10(11)6-13/h9-11H,3-8,13H2,1-2H3,(H,14,15). The van der Waals surface area contributed by atoms with Crippen molar-refractivity contribution < 1.29 is 9.53 Å². The van der Waals surface area contributed by atoms with Gasteiger partial charge in [-0.05, 0) is 45.1 Å². The van der Waals surface area contributed by atoms with Crippen LogP contribution < -0.4 is 11.1 Å². The summed E-state index contributed by atoms with van der Waals surface area (Å²) in [7, 11) is 0. The molecule has 0 aromatic heterocycles. The van der Waals surface area contributed by atoms with Gasteiger partial charge < -0.3 is 15.8 Å². The van der Waals surface area contributed by atoms with Crippen molar-refractivity contribution in [3.63, 3.8) is 0 Å². The fourth-order valence-electron chi connectivity index (χ4n) is 2.23. The average Bonchev–Trinajstić information content (AvgIpc) is 2.70. The second-order valence-corrected chi connectivity index (χ2v) is 4.85. The van der Waals surface area contributed by atoms with E-state index >= 15 is 0 Å². The van der Waals surface area contributed by atoms with Crippen molar-refractivity contribution in [1.29, 1.82) is 0 Å². The molecule has 94 valence electrons. The van der Waals surface area contributed by atoms with Gasteiger partial charge in [-0.3, -0.25) is 4.79 Å². The van der Waals surface area contributed by atoms with Crippen LogP contribution in [0.2, 0.25) is 0 Å². The maximum atomic E-state index is 11.4. The van der Waals surface area contributed by atoms with Gasteiger partial charge in [0.15, 0.2) is 0 Å². The number of nitrogens with two attached hydrogens (primary N) is 1. The maximum Gasteiger partial charge on any atom is 0.246 e. The Labute approximate surface area is 97.9 Å². The smallest absolute Gasteiger partial charge is 0.246 e. The molecule has 0 radical (unpaired) electrons. The highest BCUT2D eigenvalue weighted by Gasteiger charge is 2.26. The Kier molecular flexibility index (Phi) is 5.77. The summed E-state index contributed by atoms with van der Waals surface area (Å²) in [5, 5.41) is 2.92. The van der Waals surface area contributed by atoms with E-state index in [0.29, 0.717) is 11.8 Å². The first kappa shape index (κ1) is 13.5. The third-order valence-electron chi connectivity index (χ3n) is 3.23. The molecule has 0 aromatic rings. The minimum atomic E-state index is -0.0172. The number of rotatable bonds is 6. The number of carbonyl (C=O) groups excluding carboxylic acids is 1. The molecular formula is C12H24N2O2. The lowest BCUT2D eigenvalue weighted by atomic mass is 9.96. The second-order valence-electron chi connectivity index (χ2n) is 4.85. The van der Waals surface area contributed by atoms with E-state index in [1.807, 2.05) is 13.8 Å². The lowest BCUT2D eigenvalue weighted by Crippen LogP contribution is -2.35. The summed E-state index contributed by atoms with van der Waals surface area (Å²) in [6.07, 6.45) is 3.74. The zero-order valence-electron chi connectivity index (χ0n) is 10.4. The molecule has 3 N–H and O–H groups in total. The van der Waals surface area contributed by atoms with E-state index < -0.39 is 0 Å². The predicted octanol–water partition coefficient (Wildman–Crippen LogP) is 0.903. The average molecular weight is 228 g/mol. The van der Waals surface area contributed by atoms with Crippen molar-refractivity contribution >= 4 is 5.91 Å². The highest BCUT2D eigenvalue weighted by Crippen LogP contribution is 2.30. The van der Waals surface area contributed by atoms with Gasteiger partial charge in [0.25, 0.3) is 0 Å². The van der Waals surface area contributed by atoms with Gasteiger partial charge in [0.2, 0.25) is 5.91 Å². The van der Waals surface area contributed by atoms with E-state index in [1.54, 1.807) is 0 Å². The quantitative estimate of drug-likeness (QED) is 0.710. The van der Waals surface area contributed by atoms with Gasteiger partial charge in [0.05, 0.1) is 6.10 Å². The van der Waals surface area contributed by atoms with Crippen molar-refractivity contribution in [3.05, 3.63) is 0 Å². The summed E-state index contributed by atoms with van der Waals surface area (Å²) in [5.74, 6) is 1.13. The van der Waals surface area contributed by atoms with Crippen LogP contribution in [-0.2, 0) is 9.53 Å². The van der Waals surface area contributed by atoms with Crippen LogP contribution in [0.3, 0.4) is 0 Å². The van der Waals surface area contributed by atoms with Crippen LogP contribution in [0.1, 0.15) is 33.1 Å². The summed E-state index contributed by atoms with van der Waals surface area (Å²) >= 11 is 0. The summed E-state index contributed by atoms with van der Waals surface area (Å²) in [5.41, 5.74) is 5.69. The predicted molar refractivity (Wildman–Crippen MR) is 64.0 cm³/mol. The lowest BCUT2D eigenvalue weighted by Gasteiger charge is -2.18. The maximum absolute atomic E-state index is 11.4. The van der Waals surface area contributed by atoms with E-state index in [-0.39, 0.29) is 18.6 Å². The zero-order valence-corrected chi connectivity index (χ0v) is 10.4. The van der Waals surface area contributed by atoms with Gasteiger partial charge >= 0.3 is 0 Å². The van der Waals surface area contributed by atoms with E-state index in [9.17, 15) is 4.79 Å². The second kappa shape index (κ2) is 6.86. The Morgan fingerprint density at radius 1 is 1.44 bits per heavy atom. The zero-order chi connectivity index (χ0) is 12.0. The molecule has 4 nitrogen and oxygen atoms in total. The molecule has 0 aliphatic heterocycles. The van der Waals surface area contributed by atoms with Crippen molar-refractivity contribution in [2.24, 2.45) is 17.6 Å². The normalized spacial score (nSPS) is 25.0. The first-order valence-corrected chi connectivity index (χ1v) is 6.21. The Hall–Kier alpha value is -0.610. The molecule has 0 spiro atoms. The van der Waals surface area contributed by atoms with Gasteiger partial charge in [-0.2, -0.15) is 0 Å². The Balaban J connectivity index is 2.16. The van der Waals surface area contributed by atoms with Gasteiger partial charge in [-0.1, -0.05) is 6.42 Å². The van der Waals surface area contributed by atoms with Crippen LogP contribution in [0.15, 0.2) is 0 Å². The number of carbonyl (C=O) groups is 1. The van der Waals surface area contributed by atoms with Crippen LogP contribution in [-0.4, -0.2) is 31.7 Å². The summed E-state index contributed by atoms with van der Waals surface area (Å²) < 4.78 is 5.24. The van der Waals surface area contributed by atoms with Crippen LogP contribution in [0, 0.1) is 11.8 Å². The fourth-order valence-corrected chi connectivity index (χ4v) is 2.23. The molecule has 1 rings (SSSR count). The lowest BCUT2D eigenvalue weighted by molar-refractivity contribution is -0.127.